The minimum atomic E-state index is -1.54. The van der Waals surface area contributed by atoms with Gasteiger partial charge in [-0.2, -0.15) is 9.97 Å². The molecule has 2 amide bonds. The molecule has 2 unspecified atom stereocenters. The zero-order chi connectivity index (χ0) is 80.3. The van der Waals surface area contributed by atoms with Crippen LogP contribution >= 0.6 is 58.0 Å². The van der Waals surface area contributed by atoms with Gasteiger partial charge < -0.3 is 67.8 Å². The number of nitrogens with zero attached hydrogens (tertiary/aromatic N) is 6. The molecule has 0 saturated heterocycles. The highest BCUT2D eigenvalue weighted by molar-refractivity contribution is 6.39. The summed E-state index contributed by atoms with van der Waals surface area (Å²) in [5.74, 6) is -0.218. The number of halogens is 5. The van der Waals surface area contributed by atoms with Crippen LogP contribution in [-0.4, -0.2) is 86.3 Å². The fourth-order valence-electron chi connectivity index (χ4n) is 19.2. The van der Waals surface area contributed by atoms with Gasteiger partial charge in [0.15, 0.2) is 68.8 Å². The second kappa shape index (κ2) is 27.1. The highest BCUT2D eigenvalue weighted by Gasteiger charge is 2.64. The average molecular weight is 1650 g/mol. The Kier molecular flexibility index (Phi) is 17.7. The van der Waals surface area contributed by atoms with Gasteiger partial charge in [-0.05, 0) is 123 Å². The first kappa shape index (κ1) is 75.2. The SMILES string of the molecule is CCn1c(Cl)c2c3c(cccc31)-c1cc(Cl)cc3c1NC1Oc4ccc5cc4[C@]31c1oc(nc1-c1nc(Cl)c-2o1)[C@H](C(C)C)NC(=O)[C@@H](CC(=O)C(O)(CC)CC)C5.CCn1c(Cl)c2c3c(cccc31)-c1cccc3c1NC1Oc4ccc5cc4[C@]31c1oc(nc1-c1nc(Cl)c-2o1)[C@H](C(C)C)NC(=O)[C@@H](CC(=O)C(O)(CC)CC)C5. The Labute approximate surface area is 685 Å². The number of Topliss-reactive ketones (excluding diaryl/α,β-unsaturated/α-hetero) is 2. The van der Waals surface area contributed by atoms with E-state index in [0.29, 0.717) is 74.0 Å². The summed E-state index contributed by atoms with van der Waals surface area (Å²) in [6, 6.07) is 32.5. The first-order chi connectivity index (χ1) is 55.2. The number of ether oxygens (including phenoxy) is 2. The number of ketones is 2. The Morgan fingerprint density at radius 2 is 0.939 bits per heavy atom. The Bertz CT molecular complexity index is 6170. The second-order valence-electron chi connectivity index (χ2n) is 32.1. The molecule has 2 spiro atoms. The molecular weight excluding hydrogens is 1570 g/mol. The highest BCUT2D eigenvalue weighted by atomic mass is 35.5. The van der Waals surface area contributed by atoms with Gasteiger partial charge in [0, 0.05) is 98.3 Å². The van der Waals surface area contributed by atoms with E-state index in [-0.39, 0.29) is 132 Å². The number of carbonyl (C=O) groups excluding carboxylic acids is 4. The van der Waals surface area contributed by atoms with Crippen molar-refractivity contribution in [1.29, 1.82) is 0 Å². The number of aromatic nitrogens is 6. The number of aryl methyl sites for hydroxylation is 2. The number of hydrogen-bond donors (Lipinski definition) is 6. The monoisotopic (exact) mass is 1640 g/mol. The number of fused-ring (bicyclic) bond motifs is 14. The maximum Gasteiger partial charge on any atom is 0.250 e. The fraction of sp³-hybridized carbons (Fsp3) is 0.364. The molecule has 20 bridgehead atoms. The van der Waals surface area contributed by atoms with Crippen LogP contribution in [0.25, 0.3) is 89.9 Å². The van der Waals surface area contributed by atoms with Crippen LogP contribution in [-0.2, 0) is 55.9 Å². The number of oxazole rings is 4. The van der Waals surface area contributed by atoms with Crippen molar-refractivity contribution in [3.05, 3.63) is 185 Å². The number of aliphatic hydroxyl groups is 2. The van der Waals surface area contributed by atoms with E-state index in [1.165, 1.54) is 0 Å². The predicted molar refractivity (Wildman–Crippen MR) is 438 cm³/mol. The molecule has 115 heavy (non-hydrogen) atoms. The summed E-state index contributed by atoms with van der Waals surface area (Å²) in [6.45, 7) is 20.2. The molecule has 0 radical (unpaired) electrons. The summed E-state index contributed by atoms with van der Waals surface area (Å²) in [5.41, 5.74) is 8.13. The number of anilines is 2. The van der Waals surface area contributed by atoms with Crippen molar-refractivity contribution >= 4 is 115 Å². The quantitative estimate of drug-likeness (QED) is 0.0590. The topological polar surface area (TPSA) is 289 Å². The molecule has 27 heteroatoms. The molecule has 8 aliphatic heterocycles. The van der Waals surface area contributed by atoms with Gasteiger partial charge >= 0.3 is 0 Å². The molecule has 6 N–H and O–H groups in total. The first-order valence-electron chi connectivity index (χ1n) is 39.5. The summed E-state index contributed by atoms with van der Waals surface area (Å²) in [4.78, 5) is 76.2. The average Bonchev–Trinajstić information content (AvgIpc) is 1.51. The molecule has 20 rings (SSSR count). The van der Waals surface area contributed by atoms with Crippen LogP contribution in [0.3, 0.4) is 0 Å². The number of para-hydroxylation sites is 1. The van der Waals surface area contributed by atoms with Crippen LogP contribution in [0.4, 0.5) is 11.4 Å². The smallest absolute Gasteiger partial charge is 0.250 e. The number of benzene rings is 6. The summed E-state index contributed by atoms with van der Waals surface area (Å²) < 4.78 is 45.3. The largest absolute Gasteiger partial charge is 0.469 e. The molecule has 8 atom stereocenters. The lowest BCUT2D eigenvalue weighted by atomic mass is 9.71. The minimum absolute atomic E-state index is 0.0889. The second-order valence-corrected chi connectivity index (χ2v) is 34.0. The maximum atomic E-state index is 14.4. The highest BCUT2D eigenvalue weighted by Crippen LogP contribution is 2.65. The van der Waals surface area contributed by atoms with E-state index in [4.69, 9.17) is 105 Å². The summed E-state index contributed by atoms with van der Waals surface area (Å²) in [5, 5.41) is 39.6. The van der Waals surface area contributed by atoms with Crippen molar-refractivity contribution in [2.75, 3.05) is 10.6 Å². The standard InChI is InChI=1S/C44H40Cl3N5O6.C44H41Cl2N5O6/c1-6-43(55,7-2)29(53)16-21-14-20-12-13-28-25(15-20)44-26-18-22(45)17-24(33(26)50-42(44)56-28)23-10-9-11-27-30(23)31(38(47)52(27)8-3)35-37(46)51-41(57-35)34-36(44)58-40(49-34)32(19(4)5)48-39(21)54;1-6-43(54,7-2)29(52)19-22-17-21-15-16-28-26(18-21)44-25-13-9-12-24(33(25)49-42(44)55-28)23-11-10-14-27-30(23)31(38(46)51(27)8-3)35-37(45)50-41(56-35)34-36(44)57-40(48-34)32(20(4)5)47-39(22)53/h9-13,15,17-19,21,32,42,50,55H,6-8,14,16H2,1-5H3,(H,48,54);9-16,18,20,22,32,42,49,54H,6-8,17,19H2,1-5H3,(H,47,53)/t21-,32+,42?,44-;22-,32+,42?,44+/m11/s1. The lowest BCUT2D eigenvalue weighted by molar-refractivity contribution is -0.142. The van der Waals surface area contributed by atoms with E-state index in [1.807, 2.05) is 136 Å². The normalized spacial score (nSPS) is 21.3. The fourth-order valence-corrected chi connectivity index (χ4v) is 20.6. The van der Waals surface area contributed by atoms with Crippen molar-refractivity contribution in [3.63, 3.8) is 0 Å². The third-order valence-electron chi connectivity index (χ3n) is 25.5. The molecule has 14 heterocycles. The van der Waals surface area contributed by atoms with Crippen LogP contribution in [0.2, 0.25) is 25.6 Å². The van der Waals surface area contributed by atoms with Crippen LogP contribution in [0, 0.1) is 23.7 Å². The molecule has 6 aromatic carbocycles. The Morgan fingerprint density at radius 3 is 1.38 bits per heavy atom. The molecule has 0 saturated carbocycles. The Hall–Kier alpha value is -9.91. The molecule has 6 aromatic heterocycles. The van der Waals surface area contributed by atoms with Crippen molar-refractivity contribution in [2.45, 2.75) is 180 Å². The van der Waals surface area contributed by atoms with E-state index in [2.05, 4.69) is 39.5 Å². The van der Waals surface area contributed by atoms with E-state index in [1.54, 1.807) is 27.7 Å². The Balaban J connectivity index is 0.000000154. The summed E-state index contributed by atoms with van der Waals surface area (Å²) in [6.07, 6.45) is -0.297. The van der Waals surface area contributed by atoms with E-state index >= 15 is 0 Å². The van der Waals surface area contributed by atoms with E-state index in [9.17, 15) is 29.4 Å². The molecule has 0 aliphatic carbocycles. The van der Waals surface area contributed by atoms with Crippen LogP contribution < -0.4 is 30.7 Å². The van der Waals surface area contributed by atoms with Crippen molar-refractivity contribution in [3.8, 4) is 79.6 Å². The lowest BCUT2D eigenvalue weighted by Gasteiger charge is -2.29. The maximum absolute atomic E-state index is 14.4. The van der Waals surface area contributed by atoms with Crippen LogP contribution in [0.5, 0.6) is 11.5 Å². The molecule has 8 aliphatic rings. The molecule has 0 fully saturated rings. The molecule has 590 valence electrons. The zero-order valence-electron chi connectivity index (χ0n) is 64.6. The van der Waals surface area contributed by atoms with Crippen molar-refractivity contribution < 1.29 is 56.5 Å². The van der Waals surface area contributed by atoms with Gasteiger partial charge in [0.2, 0.25) is 23.6 Å². The van der Waals surface area contributed by atoms with Crippen LogP contribution in [0.1, 0.15) is 177 Å². The molecule has 12 aromatic rings. The van der Waals surface area contributed by atoms with E-state index < -0.39 is 58.4 Å². The van der Waals surface area contributed by atoms with Gasteiger partial charge in [0.05, 0.1) is 22.2 Å². The predicted octanol–water partition coefficient (Wildman–Crippen LogP) is 19.1. The number of carbonyl (C=O) groups is 4. The summed E-state index contributed by atoms with van der Waals surface area (Å²) >= 11 is 35.8. The van der Waals surface area contributed by atoms with Gasteiger partial charge in [-0.1, -0.05) is 180 Å². The number of hydrogen-bond acceptors (Lipinski definition) is 18. The van der Waals surface area contributed by atoms with Gasteiger partial charge in [-0.25, -0.2) is 9.97 Å². The lowest BCUT2D eigenvalue weighted by Crippen LogP contribution is -2.43. The third kappa shape index (κ3) is 10.7. The molecule has 22 nitrogen and oxygen atoms in total. The summed E-state index contributed by atoms with van der Waals surface area (Å²) in [7, 11) is 0. The first-order valence-corrected chi connectivity index (χ1v) is 41.4. The third-order valence-corrected chi connectivity index (χ3v) is 27.0. The Morgan fingerprint density at radius 1 is 0.513 bits per heavy atom. The van der Waals surface area contributed by atoms with Gasteiger partial charge in [0.1, 0.15) is 55.9 Å². The van der Waals surface area contributed by atoms with Crippen molar-refractivity contribution in [1.82, 2.24) is 39.7 Å². The van der Waals surface area contributed by atoms with Gasteiger partial charge in [0.25, 0.3) is 11.8 Å². The molecular formula is C88H81Cl5N10O12. The van der Waals surface area contributed by atoms with E-state index in [0.717, 1.165) is 88.8 Å². The zero-order valence-corrected chi connectivity index (χ0v) is 68.3. The minimum Gasteiger partial charge on any atom is -0.469 e. The van der Waals surface area contributed by atoms with Gasteiger partial charge in [-0.15, -0.1) is 0 Å². The number of amides is 2. The van der Waals surface area contributed by atoms with Gasteiger partial charge in [-0.3, -0.25) is 19.2 Å². The number of rotatable bonds is 14. The van der Waals surface area contributed by atoms with Crippen molar-refractivity contribution in [2.24, 2.45) is 23.7 Å². The van der Waals surface area contributed by atoms with Crippen LogP contribution in [0.15, 0.2) is 121 Å². The number of nitrogens with one attached hydrogen (secondary N) is 4.